The van der Waals surface area contributed by atoms with E-state index in [9.17, 15) is 4.79 Å². The van der Waals surface area contributed by atoms with E-state index in [0.717, 1.165) is 27.5 Å². The van der Waals surface area contributed by atoms with Gasteiger partial charge in [-0.3, -0.25) is 4.99 Å². The highest BCUT2D eigenvalue weighted by Crippen LogP contribution is 2.27. The van der Waals surface area contributed by atoms with Crippen molar-refractivity contribution in [2.75, 3.05) is 7.11 Å². The van der Waals surface area contributed by atoms with Crippen molar-refractivity contribution in [1.82, 2.24) is 4.57 Å². The Morgan fingerprint density at radius 1 is 0.968 bits per heavy atom. The number of rotatable bonds is 5. The number of carbonyl (C=O) groups is 1. The van der Waals surface area contributed by atoms with Crippen LogP contribution in [0.5, 0.6) is 0 Å². The second-order valence-corrected chi connectivity index (χ2v) is 7.24. The Hall–Kier alpha value is -4.12. The van der Waals surface area contributed by atoms with Crippen LogP contribution in [0.3, 0.4) is 0 Å². The lowest BCUT2D eigenvalue weighted by molar-refractivity contribution is 0.0563. The van der Waals surface area contributed by atoms with Gasteiger partial charge in [-0.2, -0.15) is 0 Å². The molecule has 5 nitrogen and oxygen atoms in total. The zero-order valence-corrected chi connectivity index (χ0v) is 17.0. The second-order valence-electron chi connectivity index (χ2n) is 7.24. The molecule has 0 N–H and O–H groups in total. The molecular formula is C26H20N2O3. The molecule has 0 saturated heterocycles. The van der Waals surface area contributed by atoms with Gasteiger partial charge in [0.2, 0.25) is 5.76 Å². The molecule has 0 aliphatic carbocycles. The van der Waals surface area contributed by atoms with Crippen molar-refractivity contribution >= 4 is 39.5 Å². The quantitative estimate of drug-likeness (QED) is 0.266. The van der Waals surface area contributed by atoms with E-state index in [-0.39, 0.29) is 5.76 Å². The molecule has 0 aliphatic heterocycles. The average Bonchev–Trinajstić information content (AvgIpc) is 3.42. The largest absolute Gasteiger partial charge is 0.463 e. The SMILES string of the molecule is COC(=O)c1ccc(Cn2cc(C=Nc3cccc4ccccc34)c3ccccc32)o1. The lowest BCUT2D eigenvalue weighted by atomic mass is 10.1. The van der Waals surface area contributed by atoms with E-state index in [1.807, 2.05) is 42.6 Å². The first kappa shape index (κ1) is 18.9. The van der Waals surface area contributed by atoms with Gasteiger partial charge in [-0.05, 0) is 29.7 Å². The van der Waals surface area contributed by atoms with Crippen molar-refractivity contribution in [3.63, 3.8) is 0 Å². The second kappa shape index (κ2) is 7.95. The Kier molecular flexibility index (Phi) is 4.84. The van der Waals surface area contributed by atoms with Crippen LogP contribution in [-0.2, 0) is 11.3 Å². The molecule has 0 bridgehead atoms. The van der Waals surface area contributed by atoms with Crippen LogP contribution >= 0.6 is 0 Å². The Morgan fingerprint density at radius 2 is 1.74 bits per heavy atom. The predicted octanol–water partition coefficient (Wildman–Crippen LogP) is 5.97. The van der Waals surface area contributed by atoms with Crippen LogP contribution in [0, 0.1) is 0 Å². The zero-order chi connectivity index (χ0) is 21.2. The van der Waals surface area contributed by atoms with Gasteiger partial charge in [0.05, 0.1) is 19.3 Å². The first-order valence-corrected chi connectivity index (χ1v) is 9.99. The van der Waals surface area contributed by atoms with Crippen molar-refractivity contribution in [2.24, 2.45) is 4.99 Å². The minimum Gasteiger partial charge on any atom is -0.463 e. The number of ether oxygens (including phenoxy) is 1. The highest BCUT2D eigenvalue weighted by Gasteiger charge is 2.13. The molecule has 0 amide bonds. The van der Waals surface area contributed by atoms with Crippen LogP contribution in [0.4, 0.5) is 5.69 Å². The number of furan rings is 1. The third kappa shape index (κ3) is 3.62. The van der Waals surface area contributed by atoms with E-state index >= 15 is 0 Å². The molecule has 3 aromatic carbocycles. The van der Waals surface area contributed by atoms with Gasteiger partial charge >= 0.3 is 5.97 Å². The van der Waals surface area contributed by atoms with Crippen molar-refractivity contribution in [3.05, 3.63) is 102 Å². The third-order valence-electron chi connectivity index (χ3n) is 5.30. The first-order chi connectivity index (χ1) is 15.2. The monoisotopic (exact) mass is 408 g/mol. The lowest BCUT2D eigenvalue weighted by Crippen LogP contribution is -1.99. The number of benzene rings is 3. The van der Waals surface area contributed by atoms with Crippen molar-refractivity contribution in [1.29, 1.82) is 0 Å². The average molecular weight is 408 g/mol. The van der Waals surface area contributed by atoms with Crippen LogP contribution in [0.2, 0.25) is 0 Å². The number of para-hydroxylation sites is 1. The summed E-state index contributed by atoms with van der Waals surface area (Å²) < 4.78 is 12.5. The van der Waals surface area contributed by atoms with E-state index < -0.39 is 5.97 Å². The minimum absolute atomic E-state index is 0.201. The molecule has 0 unspecified atom stereocenters. The van der Waals surface area contributed by atoms with Crippen LogP contribution in [0.25, 0.3) is 21.7 Å². The molecule has 0 spiro atoms. The molecule has 0 fully saturated rings. The fraction of sp³-hybridized carbons (Fsp3) is 0.0769. The first-order valence-electron chi connectivity index (χ1n) is 9.99. The van der Waals surface area contributed by atoms with E-state index in [2.05, 4.69) is 41.1 Å². The van der Waals surface area contributed by atoms with Gasteiger partial charge in [-0.1, -0.05) is 54.6 Å². The van der Waals surface area contributed by atoms with Gasteiger partial charge < -0.3 is 13.7 Å². The van der Waals surface area contributed by atoms with Gasteiger partial charge in [0.15, 0.2) is 0 Å². The van der Waals surface area contributed by atoms with Crippen LogP contribution < -0.4 is 0 Å². The van der Waals surface area contributed by atoms with Gasteiger partial charge in [-0.25, -0.2) is 4.79 Å². The fourth-order valence-electron chi connectivity index (χ4n) is 3.81. The molecule has 0 atom stereocenters. The number of esters is 1. The summed E-state index contributed by atoms with van der Waals surface area (Å²) in [7, 11) is 1.34. The smallest absolute Gasteiger partial charge is 0.373 e. The maximum Gasteiger partial charge on any atom is 0.373 e. The number of aromatic nitrogens is 1. The van der Waals surface area contributed by atoms with E-state index in [1.54, 1.807) is 12.1 Å². The van der Waals surface area contributed by atoms with Crippen LogP contribution in [0.15, 0.2) is 94.5 Å². The summed E-state index contributed by atoms with van der Waals surface area (Å²) in [5.74, 6) is 0.400. The van der Waals surface area contributed by atoms with E-state index in [1.165, 1.54) is 12.5 Å². The number of methoxy groups -OCH3 is 1. The van der Waals surface area contributed by atoms with Gasteiger partial charge in [0, 0.05) is 34.3 Å². The molecule has 31 heavy (non-hydrogen) atoms. The number of hydrogen-bond acceptors (Lipinski definition) is 4. The number of fused-ring (bicyclic) bond motifs is 2. The van der Waals surface area contributed by atoms with Gasteiger partial charge in [-0.15, -0.1) is 0 Å². The maximum absolute atomic E-state index is 11.7. The standard InChI is InChI=1S/C26H20N2O3/c1-30-26(29)25-14-13-20(31-25)17-28-16-19(22-10-4-5-12-24(22)28)15-27-23-11-6-8-18-7-2-3-9-21(18)23/h2-16H,17H2,1H3. The van der Waals surface area contributed by atoms with Crippen LogP contribution in [-0.4, -0.2) is 23.9 Å². The lowest BCUT2D eigenvalue weighted by Gasteiger charge is -2.02. The molecule has 2 heterocycles. The Bertz CT molecular complexity index is 1420. The molecule has 5 heteroatoms. The Balaban J connectivity index is 1.51. The van der Waals surface area contributed by atoms with E-state index in [0.29, 0.717) is 12.3 Å². The Morgan fingerprint density at radius 3 is 2.61 bits per heavy atom. The minimum atomic E-state index is -0.480. The summed E-state index contributed by atoms with van der Waals surface area (Å²) in [6.45, 7) is 0.500. The summed E-state index contributed by atoms with van der Waals surface area (Å²) in [5, 5.41) is 3.39. The molecule has 5 aromatic rings. The molecule has 5 rings (SSSR count). The maximum atomic E-state index is 11.7. The van der Waals surface area contributed by atoms with Crippen LogP contribution in [0.1, 0.15) is 21.9 Å². The molecular weight excluding hydrogens is 388 g/mol. The van der Waals surface area contributed by atoms with E-state index in [4.69, 9.17) is 14.1 Å². The number of nitrogens with zero attached hydrogens (tertiary/aromatic N) is 2. The summed E-state index contributed by atoms with van der Waals surface area (Å²) >= 11 is 0. The molecule has 152 valence electrons. The number of carbonyl (C=O) groups excluding carboxylic acids is 1. The third-order valence-corrected chi connectivity index (χ3v) is 5.30. The summed E-state index contributed by atoms with van der Waals surface area (Å²) in [5.41, 5.74) is 3.02. The topological polar surface area (TPSA) is 56.7 Å². The normalized spacial score (nSPS) is 11.5. The molecule has 0 aliphatic rings. The number of aliphatic imine (C=N–C) groups is 1. The predicted molar refractivity (Wildman–Crippen MR) is 122 cm³/mol. The van der Waals surface area contributed by atoms with Gasteiger partial charge in [0.1, 0.15) is 5.76 Å². The molecule has 0 saturated carbocycles. The summed E-state index contributed by atoms with van der Waals surface area (Å²) in [6, 6.07) is 26.0. The van der Waals surface area contributed by atoms with Crippen molar-refractivity contribution in [2.45, 2.75) is 6.54 Å². The van der Waals surface area contributed by atoms with Gasteiger partial charge in [0.25, 0.3) is 0 Å². The van der Waals surface area contributed by atoms with Crippen molar-refractivity contribution in [3.8, 4) is 0 Å². The Labute approximate surface area is 179 Å². The highest BCUT2D eigenvalue weighted by molar-refractivity contribution is 6.02. The fourth-order valence-corrected chi connectivity index (χ4v) is 3.81. The number of hydrogen-bond donors (Lipinski definition) is 0. The molecule has 2 aromatic heterocycles. The summed E-state index contributed by atoms with van der Waals surface area (Å²) in [4.78, 5) is 16.5. The molecule has 0 radical (unpaired) electrons. The zero-order valence-electron chi connectivity index (χ0n) is 17.0. The summed E-state index contributed by atoms with van der Waals surface area (Å²) in [6.07, 6.45) is 3.96. The highest BCUT2D eigenvalue weighted by atomic mass is 16.5. The van der Waals surface area contributed by atoms with Crippen molar-refractivity contribution < 1.29 is 13.9 Å².